The molecule has 8 heteroatoms. The summed E-state index contributed by atoms with van der Waals surface area (Å²) in [4.78, 5) is 27.5. The van der Waals surface area contributed by atoms with Gasteiger partial charge in [0.05, 0.1) is 29.2 Å². The number of nitrogens with one attached hydrogen (secondary N) is 2. The first-order valence-corrected chi connectivity index (χ1v) is 11.9. The molecule has 0 fully saturated rings. The fourth-order valence-electron chi connectivity index (χ4n) is 4.05. The Labute approximate surface area is 195 Å². The molecular weight excluding hydrogens is 434 g/mol. The number of ether oxygens (including phenoxy) is 1. The minimum atomic E-state index is -0.0283. The van der Waals surface area contributed by atoms with Crippen LogP contribution in [0.15, 0.2) is 36.5 Å². The van der Waals surface area contributed by atoms with Crippen molar-refractivity contribution in [3.63, 3.8) is 0 Å². The first-order chi connectivity index (χ1) is 16.1. The van der Waals surface area contributed by atoms with Crippen molar-refractivity contribution in [1.82, 2.24) is 20.3 Å². The highest BCUT2D eigenvalue weighted by atomic mass is 32.1. The van der Waals surface area contributed by atoms with Crippen LogP contribution < -0.4 is 10.6 Å². The summed E-state index contributed by atoms with van der Waals surface area (Å²) in [5.74, 6) is 0.608. The van der Waals surface area contributed by atoms with Crippen molar-refractivity contribution in [2.75, 3.05) is 18.5 Å². The van der Waals surface area contributed by atoms with Gasteiger partial charge in [-0.2, -0.15) is 0 Å². The van der Waals surface area contributed by atoms with Crippen LogP contribution in [-0.2, 0) is 11.3 Å². The zero-order valence-corrected chi connectivity index (χ0v) is 19.6. The number of carbonyl (C=O) groups excluding carboxylic acids is 1. The molecule has 1 aromatic carbocycles. The Bertz CT molecular complexity index is 1390. The highest BCUT2D eigenvalue weighted by Gasteiger charge is 2.25. The predicted molar refractivity (Wildman–Crippen MR) is 134 cm³/mol. The van der Waals surface area contributed by atoms with Gasteiger partial charge in [0.15, 0.2) is 5.82 Å². The maximum Gasteiger partial charge on any atom is 0.263 e. The number of nitrogens with zero attached hydrogens (tertiary/aromatic N) is 3. The second-order valence-corrected chi connectivity index (χ2v) is 9.05. The Hall–Kier alpha value is -3.36. The number of hydrogen-bond donors (Lipinski definition) is 2. The van der Waals surface area contributed by atoms with E-state index in [-0.39, 0.29) is 11.9 Å². The number of aromatic nitrogens is 3. The van der Waals surface area contributed by atoms with Gasteiger partial charge in [0.2, 0.25) is 0 Å². The molecular formula is C25H25N5O2S. The Balaban J connectivity index is 1.66. The number of amides is 1. The molecule has 1 aliphatic rings. The Morgan fingerprint density at radius 2 is 2.12 bits per heavy atom. The van der Waals surface area contributed by atoms with Crippen LogP contribution in [0.2, 0.25) is 0 Å². The second-order valence-electron chi connectivity index (χ2n) is 8.00. The van der Waals surface area contributed by atoms with Crippen molar-refractivity contribution in [2.45, 2.75) is 33.4 Å². The lowest BCUT2D eigenvalue weighted by atomic mass is 10.1. The summed E-state index contributed by atoms with van der Waals surface area (Å²) >= 11 is 1.51. The van der Waals surface area contributed by atoms with Gasteiger partial charge in [0.25, 0.3) is 5.91 Å². The first-order valence-electron chi connectivity index (χ1n) is 11.1. The van der Waals surface area contributed by atoms with E-state index in [0.717, 1.165) is 48.5 Å². The highest BCUT2D eigenvalue weighted by Crippen LogP contribution is 2.41. The summed E-state index contributed by atoms with van der Waals surface area (Å²) in [6, 6.07) is 8.18. The molecule has 1 aliphatic heterocycles. The monoisotopic (exact) mass is 459 g/mol. The standard InChI is InChI=1S/C25H25N5O2S/c1-4-6-20-26-12-15(13-32-5-2)22(30-20)18-8-7-16-17(29-18)9-10-19-21(16)23-24(33-19)25(31)28-14(3)11-27-23/h4,6-10,12,14,27H,5,11,13H2,1-3H3,(H,28,31)/b6-4-/t14-/m1/s1. The topological polar surface area (TPSA) is 89.0 Å². The van der Waals surface area contributed by atoms with Gasteiger partial charge in [-0.3, -0.25) is 4.79 Å². The van der Waals surface area contributed by atoms with E-state index in [2.05, 4.69) is 21.7 Å². The molecule has 0 spiro atoms. The number of rotatable bonds is 5. The summed E-state index contributed by atoms with van der Waals surface area (Å²) < 4.78 is 6.70. The zero-order chi connectivity index (χ0) is 22.9. The molecule has 0 bridgehead atoms. The van der Waals surface area contributed by atoms with Gasteiger partial charge in [-0.1, -0.05) is 6.08 Å². The summed E-state index contributed by atoms with van der Waals surface area (Å²) in [5.41, 5.74) is 4.18. The number of anilines is 1. The molecule has 33 heavy (non-hydrogen) atoms. The molecule has 4 heterocycles. The van der Waals surface area contributed by atoms with E-state index in [1.807, 2.05) is 57.3 Å². The SMILES string of the molecule is C/C=C\c1ncc(COCC)c(-c2ccc3c(ccc4sc5c(c43)NC[C@@H](C)NC5=O)n2)n1. The third-order valence-electron chi connectivity index (χ3n) is 5.59. The second kappa shape index (κ2) is 8.88. The van der Waals surface area contributed by atoms with E-state index in [1.165, 1.54) is 11.3 Å². The van der Waals surface area contributed by atoms with E-state index in [9.17, 15) is 4.79 Å². The normalized spacial score (nSPS) is 16.1. The van der Waals surface area contributed by atoms with Crippen LogP contribution in [0, 0.1) is 0 Å². The van der Waals surface area contributed by atoms with Gasteiger partial charge in [-0.15, -0.1) is 11.3 Å². The van der Waals surface area contributed by atoms with Gasteiger partial charge in [-0.05, 0) is 51.1 Å². The molecule has 1 amide bonds. The average Bonchev–Trinajstić information content (AvgIpc) is 3.14. The van der Waals surface area contributed by atoms with E-state index in [1.54, 1.807) is 0 Å². The lowest BCUT2D eigenvalue weighted by Crippen LogP contribution is -2.34. The van der Waals surface area contributed by atoms with Crippen molar-refractivity contribution in [3.05, 3.63) is 52.8 Å². The van der Waals surface area contributed by atoms with Crippen LogP contribution in [0.3, 0.4) is 0 Å². The minimum Gasteiger partial charge on any atom is -0.381 e. The molecule has 2 N–H and O–H groups in total. The third kappa shape index (κ3) is 3.96. The fraction of sp³-hybridized carbons (Fsp3) is 0.280. The van der Waals surface area contributed by atoms with Crippen LogP contribution in [0.1, 0.15) is 41.8 Å². The van der Waals surface area contributed by atoms with Crippen LogP contribution in [-0.4, -0.2) is 40.1 Å². The molecule has 0 radical (unpaired) electrons. The molecule has 4 aromatic rings. The Kier molecular flexibility index (Phi) is 5.78. The number of hydrogen-bond acceptors (Lipinski definition) is 7. The molecule has 7 nitrogen and oxygen atoms in total. The molecule has 1 atom stereocenters. The maximum absolute atomic E-state index is 12.7. The smallest absolute Gasteiger partial charge is 0.263 e. The largest absolute Gasteiger partial charge is 0.381 e. The lowest BCUT2D eigenvalue weighted by Gasteiger charge is -2.11. The van der Waals surface area contributed by atoms with E-state index in [0.29, 0.717) is 25.6 Å². The summed E-state index contributed by atoms with van der Waals surface area (Å²) in [6.07, 6.45) is 5.60. The van der Waals surface area contributed by atoms with Crippen molar-refractivity contribution in [3.8, 4) is 11.4 Å². The van der Waals surface area contributed by atoms with Gasteiger partial charge >= 0.3 is 0 Å². The van der Waals surface area contributed by atoms with E-state index >= 15 is 0 Å². The van der Waals surface area contributed by atoms with Crippen molar-refractivity contribution >= 4 is 50.0 Å². The minimum absolute atomic E-state index is 0.0283. The molecule has 5 rings (SSSR count). The van der Waals surface area contributed by atoms with Gasteiger partial charge in [0, 0.05) is 46.4 Å². The summed E-state index contributed by atoms with van der Waals surface area (Å²) in [6.45, 7) is 7.63. The Morgan fingerprint density at radius 1 is 1.24 bits per heavy atom. The molecule has 0 aliphatic carbocycles. The zero-order valence-electron chi connectivity index (χ0n) is 18.8. The van der Waals surface area contributed by atoms with E-state index < -0.39 is 0 Å². The fourth-order valence-corrected chi connectivity index (χ4v) is 5.14. The molecule has 0 unspecified atom stereocenters. The predicted octanol–water partition coefficient (Wildman–Crippen LogP) is 5.02. The van der Waals surface area contributed by atoms with Crippen LogP contribution >= 0.6 is 11.3 Å². The van der Waals surface area contributed by atoms with Crippen molar-refractivity contribution in [1.29, 1.82) is 0 Å². The summed E-state index contributed by atoms with van der Waals surface area (Å²) in [5, 5.41) is 8.57. The number of carbonyl (C=O) groups is 1. The van der Waals surface area contributed by atoms with Gasteiger partial charge in [-0.25, -0.2) is 15.0 Å². The van der Waals surface area contributed by atoms with Gasteiger partial charge in [0.1, 0.15) is 4.88 Å². The first kappa shape index (κ1) is 21.5. The summed E-state index contributed by atoms with van der Waals surface area (Å²) in [7, 11) is 0. The Morgan fingerprint density at radius 3 is 2.94 bits per heavy atom. The average molecular weight is 460 g/mol. The molecule has 0 saturated heterocycles. The number of benzene rings is 1. The van der Waals surface area contributed by atoms with E-state index in [4.69, 9.17) is 14.7 Å². The molecule has 3 aromatic heterocycles. The van der Waals surface area contributed by atoms with Crippen LogP contribution in [0.25, 0.3) is 38.5 Å². The third-order valence-corrected chi connectivity index (χ3v) is 6.75. The number of pyridine rings is 1. The van der Waals surface area contributed by atoms with Gasteiger partial charge < -0.3 is 15.4 Å². The molecule has 168 valence electrons. The number of thiophene rings is 1. The quantitative estimate of drug-likeness (QED) is 0.436. The lowest BCUT2D eigenvalue weighted by molar-refractivity contribution is 0.0949. The van der Waals surface area contributed by atoms with Crippen LogP contribution in [0.4, 0.5) is 5.69 Å². The van der Waals surface area contributed by atoms with Crippen molar-refractivity contribution in [2.24, 2.45) is 0 Å². The van der Waals surface area contributed by atoms with Crippen LogP contribution in [0.5, 0.6) is 0 Å². The van der Waals surface area contributed by atoms with Crippen molar-refractivity contribution < 1.29 is 9.53 Å². The number of allylic oxidation sites excluding steroid dienone is 1. The maximum atomic E-state index is 12.7. The highest BCUT2D eigenvalue weighted by molar-refractivity contribution is 7.21. The molecule has 0 saturated carbocycles. The number of fused-ring (bicyclic) bond motifs is 5.